The maximum atomic E-state index is 14.2. The van der Waals surface area contributed by atoms with Gasteiger partial charge in [-0.25, -0.2) is 4.39 Å². The number of benzene rings is 1. The van der Waals surface area contributed by atoms with Crippen LogP contribution in [0.15, 0.2) is 18.2 Å². The van der Waals surface area contributed by atoms with E-state index in [9.17, 15) is 9.18 Å². The minimum Gasteiger partial charge on any atom is -0.494 e. The van der Waals surface area contributed by atoms with Crippen molar-refractivity contribution in [1.29, 1.82) is 0 Å². The first-order chi connectivity index (χ1) is 9.96. The van der Waals surface area contributed by atoms with Crippen LogP contribution in [0.4, 0.5) is 4.39 Å². The van der Waals surface area contributed by atoms with Gasteiger partial charge in [-0.1, -0.05) is 12.1 Å². The van der Waals surface area contributed by atoms with Gasteiger partial charge >= 0.3 is 0 Å². The van der Waals surface area contributed by atoms with Crippen LogP contribution in [0.5, 0.6) is 5.75 Å². The summed E-state index contributed by atoms with van der Waals surface area (Å²) in [6.45, 7) is 7.25. The van der Waals surface area contributed by atoms with Crippen molar-refractivity contribution in [2.45, 2.75) is 25.8 Å². The number of nitrogens with zero attached hydrogens (tertiary/aromatic N) is 1. The highest BCUT2D eigenvalue weighted by molar-refractivity contribution is 5.89. The lowest BCUT2D eigenvalue weighted by molar-refractivity contribution is -0.129. The second-order valence-electron chi connectivity index (χ2n) is 5.83. The van der Waals surface area contributed by atoms with Crippen molar-refractivity contribution in [2.75, 3.05) is 33.3 Å². The van der Waals surface area contributed by atoms with Crippen LogP contribution in [-0.2, 0) is 11.2 Å². The van der Waals surface area contributed by atoms with Crippen molar-refractivity contribution in [3.63, 3.8) is 0 Å². The van der Waals surface area contributed by atoms with Crippen LogP contribution >= 0.6 is 0 Å². The molecule has 0 aromatic heterocycles. The molecule has 1 heterocycles. The molecule has 21 heavy (non-hydrogen) atoms. The highest BCUT2D eigenvalue weighted by atomic mass is 19.1. The van der Waals surface area contributed by atoms with Gasteiger partial charge in [0.25, 0.3) is 0 Å². The Morgan fingerprint density at radius 2 is 2.05 bits per heavy atom. The van der Waals surface area contributed by atoms with E-state index < -0.39 is 11.4 Å². The fourth-order valence-electron chi connectivity index (χ4n) is 2.64. The van der Waals surface area contributed by atoms with E-state index in [2.05, 4.69) is 10.2 Å². The number of piperazine rings is 1. The number of carbonyl (C=O) groups excluding carboxylic acids is 1. The molecule has 1 saturated heterocycles. The lowest BCUT2D eigenvalue weighted by Gasteiger charge is -2.40. The normalized spacial score (nSPS) is 16.8. The zero-order valence-corrected chi connectivity index (χ0v) is 12.9. The van der Waals surface area contributed by atoms with E-state index in [-0.39, 0.29) is 18.0 Å². The van der Waals surface area contributed by atoms with Gasteiger partial charge in [0.2, 0.25) is 0 Å². The number of methoxy groups -OCH3 is 1. The van der Waals surface area contributed by atoms with Crippen molar-refractivity contribution < 1.29 is 13.9 Å². The Kier molecular flexibility index (Phi) is 4.96. The molecule has 2 rings (SSSR count). The van der Waals surface area contributed by atoms with Crippen molar-refractivity contribution in [1.82, 2.24) is 10.2 Å². The smallest absolute Gasteiger partial charge is 0.168 e. The lowest BCUT2D eigenvalue weighted by atomic mass is 9.91. The standard InChI is InChI=1S/C16H23FN2O2/c1-16(2,19-9-7-18-8-10-19)14(20)11-12-5-4-6-13(21-3)15(12)17/h4-6,18H,7-11H2,1-3H3. The molecule has 0 bridgehead atoms. The number of hydrogen-bond donors (Lipinski definition) is 1. The second-order valence-corrected chi connectivity index (χ2v) is 5.83. The van der Waals surface area contributed by atoms with E-state index in [4.69, 9.17) is 4.74 Å². The molecule has 0 spiro atoms. The minimum atomic E-state index is -0.586. The largest absolute Gasteiger partial charge is 0.494 e. The van der Waals surface area contributed by atoms with Crippen LogP contribution in [0.3, 0.4) is 0 Å². The highest BCUT2D eigenvalue weighted by Crippen LogP contribution is 2.24. The quantitative estimate of drug-likeness (QED) is 0.896. The molecule has 0 saturated carbocycles. The number of rotatable bonds is 5. The van der Waals surface area contributed by atoms with E-state index in [0.717, 1.165) is 26.2 Å². The number of halogens is 1. The summed E-state index contributed by atoms with van der Waals surface area (Å²) in [5.41, 5.74) is -0.194. The van der Waals surface area contributed by atoms with Gasteiger partial charge in [-0.3, -0.25) is 9.69 Å². The molecule has 1 N–H and O–H groups in total. The van der Waals surface area contributed by atoms with Crippen molar-refractivity contribution in [3.05, 3.63) is 29.6 Å². The van der Waals surface area contributed by atoms with E-state index in [1.807, 2.05) is 13.8 Å². The maximum Gasteiger partial charge on any atom is 0.168 e. The molecular formula is C16H23FN2O2. The molecule has 0 aliphatic carbocycles. The third-order valence-electron chi connectivity index (χ3n) is 4.20. The van der Waals surface area contributed by atoms with E-state index in [0.29, 0.717) is 5.56 Å². The monoisotopic (exact) mass is 294 g/mol. The van der Waals surface area contributed by atoms with Crippen LogP contribution in [-0.4, -0.2) is 49.5 Å². The Bertz CT molecular complexity index is 511. The molecular weight excluding hydrogens is 271 g/mol. The second kappa shape index (κ2) is 6.54. The first kappa shape index (κ1) is 15.9. The summed E-state index contributed by atoms with van der Waals surface area (Å²) >= 11 is 0. The molecule has 1 aromatic rings. The van der Waals surface area contributed by atoms with Crippen LogP contribution in [0.1, 0.15) is 19.4 Å². The number of hydrogen-bond acceptors (Lipinski definition) is 4. The zero-order valence-electron chi connectivity index (χ0n) is 12.9. The van der Waals surface area contributed by atoms with Crippen molar-refractivity contribution >= 4 is 5.78 Å². The Morgan fingerprint density at radius 3 is 2.67 bits per heavy atom. The molecule has 0 atom stereocenters. The summed E-state index contributed by atoms with van der Waals surface area (Å²) in [5, 5.41) is 3.27. The Balaban J connectivity index is 2.13. The van der Waals surface area contributed by atoms with Gasteiger partial charge in [0.05, 0.1) is 12.6 Å². The van der Waals surface area contributed by atoms with Gasteiger partial charge < -0.3 is 10.1 Å². The Labute approximate surface area is 125 Å². The SMILES string of the molecule is COc1cccc(CC(=O)C(C)(C)N2CCNCC2)c1F. The molecule has 0 radical (unpaired) electrons. The first-order valence-electron chi connectivity index (χ1n) is 7.27. The Morgan fingerprint density at radius 1 is 1.38 bits per heavy atom. The average molecular weight is 294 g/mol. The van der Waals surface area contributed by atoms with Gasteiger partial charge in [0.1, 0.15) is 0 Å². The molecule has 1 aromatic carbocycles. The maximum absolute atomic E-state index is 14.2. The lowest BCUT2D eigenvalue weighted by Crippen LogP contribution is -2.57. The number of ether oxygens (including phenoxy) is 1. The number of Topliss-reactive ketones (excluding diaryl/α,β-unsaturated/α-hetero) is 1. The first-order valence-corrected chi connectivity index (χ1v) is 7.27. The van der Waals surface area contributed by atoms with Gasteiger partial charge in [-0.2, -0.15) is 0 Å². The number of carbonyl (C=O) groups is 1. The molecule has 5 heteroatoms. The van der Waals surface area contributed by atoms with Gasteiger partial charge in [-0.05, 0) is 25.5 Å². The number of nitrogens with one attached hydrogen (secondary N) is 1. The fraction of sp³-hybridized carbons (Fsp3) is 0.562. The zero-order chi connectivity index (χ0) is 15.5. The Hall–Kier alpha value is -1.46. The summed E-state index contributed by atoms with van der Waals surface area (Å²) in [6, 6.07) is 4.91. The fourth-order valence-corrected chi connectivity index (χ4v) is 2.64. The van der Waals surface area contributed by atoms with E-state index >= 15 is 0 Å². The molecule has 4 nitrogen and oxygen atoms in total. The van der Waals surface area contributed by atoms with Gasteiger partial charge in [-0.15, -0.1) is 0 Å². The summed E-state index contributed by atoms with van der Waals surface area (Å²) in [6.07, 6.45) is 0.0833. The third-order valence-corrected chi connectivity index (χ3v) is 4.20. The summed E-state index contributed by atoms with van der Waals surface area (Å²) in [5.74, 6) is -0.235. The summed E-state index contributed by atoms with van der Waals surface area (Å²) in [7, 11) is 1.43. The molecule has 1 fully saturated rings. The highest BCUT2D eigenvalue weighted by Gasteiger charge is 2.35. The number of ketones is 1. The minimum absolute atomic E-state index is 0.0246. The van der Waals surface area contributed by atoms with E-state index in [1.165, 1.54) is 7.11 Å². The van der Waals surface area contributed by atoms with Crippen LogP contribution in [0, 0.1) is 5.82 Å². The van der Waals surface area contributed by atoms with E-state index in [1.54, 1.807) is 18.2 Å². The third kappa shape index (κ3) is 3.41. The predicted molar refractivity (Wildman–Crippen MR) is 80.2 cm³/mol. The van der Waals surface area contributed by atoms with Gasteiger partial charge in [0.15, 0.2) is 17.3 Å². The molecule has 116 valence electrons. The van der Waals surface area contributed by atoms with Crippen molar-refractivity contribution in [2.24, 2.45) is 0 Å². The molecule has 0 unspecified atom stereocenters. The van der Waals surface area contributed by atoms with Crippen molar-refractivity contribution in [3.8, 4) is 5.75 Å². The van der Waals surface area contributed by atoms with Gasteiger partial charge in [0, 0.05) is 32.6 Å². The summed E-state index contributed by atoms with van der Waals surface area (Å²) < 4.78 is 19.1. The van der Waals surface area contributed by atoms with Crippen LogP contribution in [0.25, 0.3) is 0 Å². The molecule has 0 amide bonds. The topological polar surface area (TPSA) is 41.6 Å². The van der Waals surface area contributed by atoms with Crippen LogP contribution < -0.4 is 10.1 Å². The molecule has 1 aliphatic rings. The molecule has 1 aliphatic heterocycles. The summed E-state index contributed by atoms with van der Waals surface area (Å²) in [4.78, 5) is 14.8. The average Bonchev–Trinajstić information content (AvgIpc) is 2.50. The van der Waals surface area contributed by atoms with Crippen LogP contribution in [0.2, 0.25) is 0 Å². The predicted octanol–water partition coefficient (Wildman–Crippen LogP) is 1.63.